The van der Waals surface area contributed by atoms with Gasteiger partial charge in [0.2, 0.25) is 5.91 Å². The molecule has 1 aromatic carbocycles. The molecular weight excluding hydrogens is 468 g/mol. The number of carbonyl (C=O) groups excluding carboxylic acids is 2. The van der Waals surface area contributed by atoms with Crippen LogP contribution >= 0.6 is 0 Å². The third kappa shape index (κ3) is 5.33. The minimum atomic E-state index is -0.649. The Labute approximate surface area is 219 Å². The molecule has 0 radical (unpaired) electrons. The van der Waals surface area contributed by atoms with Crippen molar-refractivity contribution in [2.24, 2.45) is 5.92 Å². The molecule has 7 nitrogen and oxygen atoms in total. The standard InChI is InChI=1S/C30H38N2O5/c1-21-24(12-16-36-21)9-10-28(34)31-26-11-13-30(37-22(2)33)20-32(19-23-7-8-23)15-14-29(30,18-26)25-5-4-6-27(17-25)35-3/h4-6,9-10,12,16-17,23,26H,7-8,11,13-15,18-20H2,1-3H3,(H,31,34)/b10-9+/t26-,29-,30-/m0/s1. The van der Waals surface area contributed by atoms with Gasteiger partial charge in [-0.05, 0) is 87.7 Å². The summed E-state index contributed by atoms with van der Waals surface area (Å²) in [6, 6.07) is 9.98. The largest absolute Gasteiger partial charge is 0.497 e. The van der Waals surface area contributed by atoms with Crippen molar-refractivity contribution in [2.75, 3.05) is 26.7 Å². The summed E-state index contributed by atoms with van der Waals surface area (Å²) in [6.45, 7) is 6.12. The molecule has 3 aliphatic rings. The van der Waals surface area contributed by atoms with Gasteiger partial charge in [0.25, 0.3) is 0 Å². The normalized spacial score (nSPS) is 28.0. The summed E-state index contributed by atoms with van der Waals surface area (Å²) < 4.78 is 17.3. The van der Waals surface area contributed by atoms with Crippen LogP contribution in [-0.4, -0.2) is 55.2 Å². The van der Waals surface area contributed by atoms with Gasteiger partial charge < -0.3 is 19.2 Å². The second kappa shape index (κ2) is 10.4. The number of nitrogens with zero attached hydrogens (tertiary/aromatic N) is 1. The van der Waals surface area contributed by atoms with E-state index in [1.165, 1.54) is 19.8 Å². The van der Waals surface area contributed by atoms with Gasteiger partial charge in [0, 0.05) is 43.1 Å². The minimum absolute atomic E-state index is 0.0348. The van der Waals surface area contributed by atoms with Crippen LogP contribution in [0.15, 0.2) is 47.1 Å². The first-order chi connectivity index (χ1) is 17.8. The number of esters is 1. The van der Waals surface area contributed by atoms with E-state index >= 15 is 0 Å². The first kappa shape index (κ1) is 25.6. The number of hydrogen-bond acceptors (Lipinski definition) is 6. The molecule has 0 spiro atoms. The second-order valence-corrected chi connectivity index (χ2v) is 11.0. The molecule has 1 aromatic heterocycles. The Morgan fingerprint density at radius 3 is 2.76 bits per heavy atom. The number of rotatable bonds is 8. The maximum absolute atomic E-state index is 12.9. The van der Waals surface area contributed by atoms with Gasteiger partial charge in [-0.3, -0.25) is 14.5 Å². The molecule has 1 saturated heterocycles. The van der Waals surface area contributed by atoms with Crippen LogP contribution in [0.5, 0.6) is 5.75 Å². The van der Waals surface area contributed by atoms with E-state index in [-0.39, 0.29) is 17.9 Å². The SMILES string of the molecule is COc1cccc([C@@]23CCN(CC4CC4)C[C@@]2(OC(C)=O)CC[C@H](NC(=O)/C=C/c2ccoc2C)C3)c1. The molecule has 1 N–H and O–H groups in total. The number of likely N-dealkylation sites (tertiary alicyclic amines) is 1. The van der Waals surface area contributed by atoms with E-state index in [1.54, 1.807) is 25.5 Å². The summed E-state index contributed by atoms with van der Waals surface area (Å²) in [5, 5.41) is 3.24. The molecule has 1 amide bonds. The summed E-state index contributed by atoms with van der Waals surface area (Å²) in [5.74, 6) is 1.95. The van der Waals surface area contributed by atoms with Gasteiger partial charge in [-0.15, -0.1) is 0 Å². The predicted octanol–water partition coefficient (Wildman–Crippen LogP) is 4.63. The quantitative estimate of drug-likeness (QED) is 0.415. The Morgan fingerprint density at radius 1 is 1.22 bits per heavy atom. The number of carbonyl (C=O) groups is 2. The van der Waals surface area contributed by atoms with Crippen molar-refractivity contribution in [1.29, 1.82) is 0 Å². The third-order valence-electron chi connectivity index (χ3n) is 8.53. The summed E-state index contributed by atoms with van der Waals surface area (Å²) in [7, 11) is 1.67. The lowest BCUT2D eigenvalue weighted by Gasteiger charge is -2.59. The molecule has 198 valence electrons. The van der Waals surface area contributed by atoms with Gasteiger partial charge in [0.15, 0.2) is 0 Å². The summed E-state index contributed by atoms with van der Waals surface area (Å²) in [4.78, 5) is 27.9. The fourth-order valence-electron chi connectivity index (χ4n) is 6.53. The van der Waals surface area contributed by atoms with Crippen LogP contribution < -0.4 is 10.1 Å². The van der Waals surface area contributed by atoms with Gasteiger partial charge in [0.1, 0.15) is 17.1 Å². The van der Waals surface area contributed by atoms with Crippen LogP contribution in [0, 0.1) is 12.8 Å². The molecule has 1 aliphatic heterocycles. The molecular formula is C30H38N2O5. The van der Waals surface area contributed by atoms with Gasteiger partial charge in [-0.2, -0.15) is 0 Å². The number of hydrogen-bond donors (Lipinski definition) is 1. The highest BCUT2D eigenvalue weighted by molar-refractivity contribution is 5.92. The second-order valence-electron chi connectivity index (χ2n) is 11.0. The van der Waals surface area contributed by atoms with Crippen molar-refractivity contribution < 1.29 is 23.5 Å². The summed E-state index contributed by atoms with van der Waals surface area (Å²) in [5.41, 5.74) is 0.934. The average Bonchev–Trinajstić information content (AvgIpc) is 3.60. The van der Waals surface area contributed by atoms with E-state index in [1.807, 2.05) is 25.1 Å². The van der Waals surface area contributed by atoms with E-state index < -0.39 is 11.0 Å². The number of ether oxygens (including phenoxy) is 2. The number of furan rings is 1. The number of benzene rings is 1. The predicted molar refractivity (Wildman–Crippen MR) is 141 cm³/mol. The number of aryl methyl sites for hydroxylation is 1. The first-order valence-corrected chi connectivity index (χ1v) is 13.4. The highest BCUT2D eigenvalue weighted by Crippen LogP contribution is 2.54. The van der Waals surface area contributed by atoms with Crippen molar-refractivity contribution in [2.45, 2.75) is 69.4 Å². The molecule has 2 heterocycles. The molecule has 3 atom stereocenters. The molecule has 2 aromatic rings. The van der Waals surface area contributed by atoms with Gasteiger partial charge >= 0.3 is 5.97 Å². The zero-order chi connectivity index (χ0) is 26.0. The molecule has 37 heavy (non-hydrogen) atoms. The highest BCUT2D eigenvalue weighted by atomic mass is 16.6. The first-order valence-electron chi connectivity index (χ1n) is 13.4. The lowest BCUT2D eigenvalue weighted by molar-refractivity contribution is -0.187. The third-order valence-corrected chi connectivity index (χ3v) is 8.53. The number of fused-ring (bicyclic) bond motifs is 1. The van der Waals surface area contributed by atoms with Crippen LogP contribution in [0.3, 0.4) is 0 Å². The Kier molecular flexibility index (Phi) is 7.17. The lowest BCUT2D eigenvalue weighted by Crippen LogP contribution is -2.68. The lowest BCUT2D eigenvalue weighted by atomic mass is 9.55. The van der Waals surface area contributed by atoms with Crippen molar-refractivity contribution in [3.63, 3.8) is 0 Å². The Hall–Kier alpha value is -3.06. The minimum Gasteiger partial charge on any atom is -0.497 e. The van der Waals surface area contributed by atoms with E-state index in [0.29, 0.717) is 12.8 Å². The van der Waals surface area contributed by atoms with Crippen LogP contribution in [0.25, 0.3) is 6.08 Å². The monoisotopic (exact) mass is 506 g/mol. The topological polar surface area (TPSA) is 81.0 Å². The van der Waals surface area contributed by atoms with E-state index in [9.17, 15) is 9.59 Å². The summed E-state index contributed by atoms with van der Waals surface area (Å²) >= 11 is 0. The fourth-order valence-corrected chi connectivity index (χ4v) is 6.53. The molecule has 2 aliphatic carbocycles. The fraction of sp³-hybridized carbons (Fsp3) is 0.533. The van der Waals surface area contributed by atoms with Crippen LogP contribution in [0.2, 0.25) is 0 Å². The Morgan fingerprint density at radius 2 is 2.05 bits per heavy atom. The summed E-state index contributed by atoms with van der Waals surface area (Å²) in [6.07, 6.45) is 10.6. The number of nitrogens with one attached hydrogen (secondary N) is 1. The van der Waals surface area contributed by atoms with Gasteiger partial charge in [-0.1, -0.05) is 12.1 Å². The van der Waals surface area contributed by atoms with E-state index in [2.05, 4.69) is 22.3 Å². The zero-order valence-corrected chi connectivity index (χ0v) is 22.1. The molecule has 0 bridgehead atoms. The van der Waals surface area contributed by atoms with Crippen LogP contribution in [-0.2, 0) is 19.7 Å². The van der Waals surface area contributed by atoms with Crippen molar-refractivity contribution in [3.05, 3.63) is 59.6 Å². The van der Waals surface area contributed by atoms with Crippen molar-refractivity contribution in [3.8, 4) is 5.75 Å². The van der Waals surface area contributed by atoms with Crippen LogP contribution in [0.1, 0.15) is 62.3 Å². The van der Waals surface area contributed by atoms with Crippen LogP contribution in [0.4, 0.5) is 0 Å². The molecule has 3 fully saturated rings. The smallest absolute Gasteiger partial charge is 0.303 e. The van der Waals surface area contributed by atoms with E-state index in [0.717, 1.165) is 61.0 Å². The maximum Gasteiger partial charge on any atom is 0.303 e. The maximum atomic E-state index is 12.9. The Balaban J connectivity index is 1.44. The average molecular weight is 507 g/mol. The Bertz CT molecular complexity index is 1170. The highest BCUT2D eigenvalue weighted by Gasteiger charge is 2.61. The van der Waals surface area contributed by atoms with E-state index in [4.69, 9.17) is 13.9 Å². The number of methoxy groups -OCH3 is 1. The molecule has 2 saturated carbocycles. The van der Waals surface area contributed by atoms with Gasteiger partial charge in [-0.25, -0.2) is 0 Å². The number of amides is 1. The zero-order valence-electron chi connectivity index (χ0n) is 22.1. The van der Waals surface area contributed by atoms with Gasteiger partial charge in [0.05, 0.1) is 13.4 Å². The molecule has 5 rings (SSSR count). The van der Waals surface area contributed by atoms with Crippen molar-refractivity contribution >= 4 is 18.0 Å². The number of piperidine rings is 1. The van der Waals surface area contributed by atoms with Crippen molar-refractivity contribution in [1.82, 2.24) is 10.2 Å². The molecule has 7 heteroatoms. The molecule has 0 unspecified atom stereocenters.